The van der Waals surface area contributed by atoms with E-state index >= 15 is 0 Å². The van der Waals surface area contributed by atoms with E-state index in [0.29, 0.717) is 0 Å². The molecule has 1 atom stereocenters. The number of hydrogen-bond donors (Lipinski definition) is 1. The summed E-state index contributed by atoms with van der Waals surface area (Å²) < 4.78 is 0. The fourth-order valence-corrected chi connectivity index (χ4v) is 2.64. The van der Waals surface area contributed by atoms with Gasteiger partial charge in [-0.1, -0.05) is 36.4 Å². The van der Waals surface area contributed by atoms with Gasteiger partial charge in [-0.15, -0.1) is 6.58 Å². The van der Waals surface area contributed by atoms with Crippen molar-refractivity contribution in [2.45, 2.75) is 31.8 Å². The van der Waals surface area contributed by atoms with Crippen LogP contribution in [0.1, 0.15) is 26.3 Å². The van der Waals surface area contributed by atoms with Gasteiger partial charge in [-0.05, 0) is 26.3 Å². The first-order valence-electron chi connectivity index (χ1n) is 6.64. The zero-order chi connectivity index (χ0) is 13.2. The van der Waals surface area contributed by atoms with E-state index in [4.69, 9.17) is 0 Å². The summed E-state index contributed by atoms with van der Waals surface area (Å²) >= 11 is 0. The fraction of sp³-hybridized carbons (Fsp3) is 0.500. The smallest absolute Gasteiger partial charge is 0.0535 e. The highest BCUT2D eigenvalue weighted by atomic mass is 15.3. The molecule has 1 aliphatic rings. The number of rotatable bonds is 3. The summed E-state index contributed by atoms with van der Waals surface area (Å²) in [7, 11) is 0. The lowest BCUT2D eigenvalue weighted by Crippen LogP contribution is -2.65. The molecule has 0 spiro atoms. The second-order valence-corrected chi connectivity index (χ2v) is 6.03. The summed E-state index contributed by atoms with van der Waals surface area (Å²) in [5.41, 5.74) is 1.57. The molecule has 2 heteroatoms. The summed E-state index contributed by atoms with van der Waals surface area (Å²) in [6.07, 6.45) is 2.00. The number of benzene rings is 1. The largest absolute Gasteiger partial charge is 0.305 e. The molecule has 1 aromatic rings. The van der Waals surface area contributed by atoms with E-state index in [-0.39, 0.29) is 11.1 Å². The van der Waals surface area contributed by atoms with Crippen LogP contribution in [-0.2, 0) is 5.54 Å². The molecule has 0 bridgehead atoms. The Hall–Kier alpha value is -1.12. The Morgan fingerprint density at radius 1 is 1.28 bits per heavy atom. The van der Waals surface area contributed by atoms with Gasteiger partial charge in [0.1, 0.15) is 0 Å². The Balaban J connectivity index is 2.24. The second-order valence-electron chi connectivity index (χ2n) is 6.03. The van der Waals surface area contributed by atoms with Crippen LogP contribution in [0.5, 0.6) is 0 Å². The molecule has 1 fully saturated rings. The van der Waals surface area contributed by atoms with Crippen LogP contribution in [0, 0.1) is 0 Å². The maximum Gasteiger partial charge on any atom is 0.0535 e. The van der Waals surface area contributed by atoms with Crippen LogP contribution in [0.15, 0.2) is 43.0 Å². The average Bonchev–Trinajstić information content (AvgIpc) is 2.36. The monoisotopic (exact) mass is 244 g/mol. The van der Waals surface area contributed by atoms with Gasteiger partial charge in [-0.25, -0.2) is 0 Å². The third kappa shape index (κ3) is 2.50. The zero-order valence-electron chi connectivity index (χ0n) is 11.7. The molecule has 1 heterocycles. The summed E-state index contributed by atoms with van der Waals surface area (Å²) in [5.74, 6) is 0. The third-order valence-electron chi connectivity index (χ3n) is 4.03. The van der Waals surface area contributed by atoms with Crippen molar-refractivity contribution < 1.29 is 0 Å². The van der Waals surface area contributed by atoms with Crippen molar-refractivity contribution in [2.24, 2.45) is 0 Å². The second kappa shape index (κ2) is 4.87. The number of nitrogens with one attached hydrogen (secondary N) is 1. The fourth-order valence-electron chi connectivity index (χ4n) is 2.64. The molecule has 0 aliphatic carbocycles. The Morgan fingerprint density at radius 3 is 2.56 bits per heavy atom. The standard InChI is InChI=1S/C16H24N2/c1-5-11-18-13-16(4,17-12-15(18,2)3)14-9-7-6-8-10-14/h5-10,17H,1,11-13H2,2-4H3. The molecule has 0 saturated carbocycles. The Morgan fingerprint density at radius 2 is 1.94 bits per heavy atom. The molecule has 0 radical (unpaired) electrons. The minimum absolute atomic E-state index is 0.0276. The van der Waals surface area contributed by atoms with Crippen molar-refractivity contribution in [3.8, 4) is 0 Å². The van der Waals surface area contributed by atoms with Crippen LogP contribution < -0.4 is 5.32 Å². The minimum Gasteiger partial charge on any atom is -0.305 e. The summed E-state index contributed by atoms with van der Waals surface area (Å²) in [5, 5.41) is 3.71. The van der Waals surface area contributed by atoms with E-state index in [0.717, 1.165) is 19.6 Å². The van der Waals surface area contributed by atoms with Crippen molar-refractivity contribution >= 4 is 0 Å². The van der Waals surface area contributed by atoms with Crippen molar-refractivity contribution in [3.63, 3.8) is 0 Å². The lowest BCUT2D eigenvalue weighted by atomic mass is 9.85. The molecule has 1 unspecified atom stereocenters. The predicted molar refractivity (Wildman–Crippen MR) is 77.6 cm³/mol. The summed E-state index contributed by atoms with van der Waals surface area (Å²) in [6.45, 7) is 13.7. The van der Waals surface area contributed by atoms with Crippen molar-refractivity contribution in [1.82, 2.24) is 10.2 Å². The molecule has 98 valence electrons. The van der Waals surface area contributed by atoms with Gasteiger partial charge in [0.05, 0.1) is 5.54 Å². The van der Waals surface area contributed by atoms with Gasteiger partial charge in [0.25, 0.3) is 0 Å². The van der Waals surface area contributed by atoms with E-state index in [2.05, 4.69) is 67.9 Å². The first-order chi connectivity index (χ1) is 8.48. The number of hydrogen-bond acceptors (Lipinski definition) is 2. The van der Waals surface area contributed by atoms with Gasteiger partial charge in [0.15, 0.2) is 0 Å². The van der Waals surface area contributed by atoms with Gasteiger partial charge in [0, 0.05) is 25.2 Å². The molecule has 0 aromatic heterocycles. The average molecular weight is 244 g/mol. The van der Waals surface area contributed by atoms with Crippen LogP contribution in [0.25, 0.3) is 0 Å². The Kier molecular flexibility index (Phi) is 3.60. The third-order valence-corrected chi connectivity index (χ3v) is 4.03. The van der Waals surface area contributed by atoms with Crippen LogP contribution in [0.3, 0.4) is 0 Å². The molecule has 1 aliphatic heterocycles. The molecule has 1 N–H and O–H groups in total. The maximum atomic E-state index is 3.88. The summed E-state index contributed by atoms with van der Waals surface area (Å²) in [4.78, 5) is 2.50. The lowest BCUT2D eigenvalue weighted by Gasteiger charge is -2.50. The predicted octanol–water partition coefficient (Wildman–Crippen LogP) is 2.77. The highest BCUT2D eigenvalue weighted by Gasteiger charge is 2.40. The van der Waals surface area contributed by atoms with E-state index in [1.807, 2.05) is 6.08 Å². The van der Waals surface area contributed by atoms with E-state index in [9.17, 15) is 0 Å². The lowest BCUT2D eigenvalue weighted by molar-refractivity contribution is 0.0418. The zero-order valence-corrected chi connectivity index (χ0v) is 11.7. The molecule has 2 nitrogen and oxygen atoms in total. The first kappa shape index (κ1) is 13.3. The normalized spacial score (nSPS) is 27.9. The van der Waals surface area contributed by atoms with Crippen molar-refractivity contribution in [1.29, 1.82) is 0 Å². The topological polar surface area (TPSA) is 15.3 Å². The van der Waals surface area contributed by atoms with E-state index in [1.165, 1.54) is 5.56 Å². The van der Waals surface area contributed by atoms with Crippen LogP contribution in [0.4, 0.5) is 0 Å². The van der Waals surface area contributed by atoms with Gasteiger partial charge in [0.2, 0.25) is 0 Å². The molecule has 1 aromatic carbocycles. The molecule has 0 amide bonds. The molecular weight excluding hydrogens is 220 g/mol. The van der Waals surface area contributed by atoms with Crippen LogP contribution in [-0.4, -0.2) is 30.1 Å². The SMILES string of the molecule is C=CCN1CC(C)(c2ccccc2)NCC1(C)C. The minimum atomic E-state index is 0.0276. The van der Waals surface area contributed by atoms with Gasteiger partial charge >= 0.3 is 0 Å². The van der Waals surface area contributed by atoms with Gasteiger partial charge in [-0.3, -0.25) is 4.90 Å². The van der Waals surface area contributed by atoms with Crippen molar-refractivity contribution in [2.75, 3.05) is 19.6 Å². The van der Waals surface area contributed by atoms with Gasteiger partial charge in [-0.2, -0.15) is 0 Å². The van der Waals surface area contributed by atoms with Crippen LogP contribution in [0.2, 0.25) is 0 Å². The van der Waals surface area contributed by atoms with Gasteiger partial charge < -0.3 is 5.32 Å². The molecule has 1 saturated heterocycles. The Labute approximate surface area is 111 Å². The van der Waals surface area contributed by atoms with E-state index in [1.54, 1.807) is 0 Å². The number of piperazine rings is 1. The Bertz CT molecular complexity index is 410. The van der Waals surface area contributed by atoms with Crippen molar-refractivity contribution in [3.05, 3.63) is 48.6 Å². The van der Waals surface area contributed by atoms with E-state index < -0.39 is 0 Å². The summed E-state index contributed by atoms with van der Waals surface area (Å²) in [6, 6.07) is 10.7. The maximum absolute atomic E-state index is 3.88. The highest BCUT2D eigenvalue weighted by Crippen LogP contribution is 2.30. The molecule has 18 heavy (non-hydrogen) atoms. The highest BCUT2D eigenvalue weighted by molar-refractivity contribution is 5.25. The van der Waals surface area contributed by atoms with Crippen LogP contribution >= 0.6 is 0 Å². The molecular formula is C16H24N2. The first-order valence-corrected chi connectivity index (χ1v) is 6.64. The molecule has 2 rings (SSSR count). The quantitative estimate of drug-likeness (QED) is 0.823. The number of nitrogens with zero attached hydrogens (tertiary/aromatic N) is 1.